The molecule has 0 aromatic carbocycles. The zero-order chi connectivity index (χ0) is 15.6. The van der Waals surface area contributed by atoms with Crippen LogP contribution in [0.15, 0.2) is 0 Å². The molecule has 4 nitrogen and oxygen atoms in total. The number of hydrogen-bond donors (Lipinski definition) is 1. The first-order valence-electron chi connectivity index (χ1n) is 8.70. The fourth-order valence-electron chi connectivity index (χ4n) is 2.99. The third kappa shape index (κ3) is 6.34. The van der Waals surface area contributed by atoms with Crippen molar-refractivity contribution in [3.63, 3.8) is 0 Å². The van der Waals surface area contributed by atoms with Crippen LogP contribution in [-0.2, 0) is 4.74 Å². The number of ether oxygens (including phenoxy) is 1. The molecular formula is C17H33N3O. The Morgan fingerprint density at radius 2 is 2.19 bits per heavy atom. The number of nitriles is 1. The number of hydrogen-bond acceptors (Lipinski definition) is 4. The summed E-state index contributed by atoms with van der Waals surface area (Å²) in [5.74, 6) is 0. The molecule has 2 unspecified atom stereocenters. The number of rotatable bonds is 11. The molecule has 0 aliphatic carbocycles. The topological polar surface area (TPSA) is 48.3 Å². The minimum atomic E-state index is -0.334. The van der Waals surface area contributed by atoms with E-state index in [2.05, 4.69) is 37.1 Å². The molecule has 0 bridgehead atoms. The van der Waals surface area contributed by atoms with Crippen LogP contribution in [0.1, 0.15) is 59.3 Å². The first kappa shape index (κ1) is 18.4. The lowest BCUT2D eigenvalue weighted by atomic mass is 9.91. The van der Waals surface area contributed by atoms with Gasteiger partial charge in [-0.15, -0.1) is 0 Å². The standard InChI is InChI=1S/C17H33N3O/c1-4-11-19-17(5-2,15-18)10-8-12-20(6-3)14-16-9-7-13-21-16/h16,19H,4-14H2,1-3H3. The maximum atomic E-state index is 9.51. The van der Waals surface area contributed by atoms with Gasteiger partial charge in [0, 0.05) is 13.2 Å². The van der Waals surface area contributed by atoms with Gasteiger partial charge in [0.2, 0.25) is 0 Å². The fraction of sp³-hybridized carbons (Fsp3) is 0.941. The van der Waals surface area contributed by atoms with Gasteiger partial charge in [-0.2, -0.15) is 5.26 Å². The minimum Gasteiger partial charge on any atom is -0.377 e. The molecule has 0 spiro atoms. The van der Waals surface area contributed by atoms with Gasteiger partial charge in [-0.25, -0.2) is 0 Å². The highest BCUT2D eigenvalue weighted by molar-refractivity contribution is 5.06. The minimum absolute atomic E-state index is 0.334. The molecular weight excluding hydrogens is 262 g/mol. The van der Waals surface area contributed by atoms with E-state index in [1.54, 1.807) is 0 Å². The van der Waals surface area contributed by atoms with Crippen LogP contribution in [0.25, 0.3) is 0 Å². The first-order valence-corrected chi connectivity index (χ1v) is 8.70. The summed E-state index contributed by atoms with van der Waals surface area (Å²) in [4.78, 5) is 2.47. The zero-order valence-corrected chi connectivity index (χ0v) is 14.2. The molecule has 1 heterocycles. The van der Waals surface area contributed by atoms with E-state index in [-0.39, 0.29) is 5.54 Å². The quantitative estimate of drug-likeness (QED) is 0.636. The van der Waals surface area contributed by atoms with E-state index in [0.29, 0.717) is 6.10 Å². The molecule has 0 amide bonds. The van der Waals surface area contributed by atoms with Gasteiger partial charge >= 0.3 is 0 Å². The first-order chi connectivity index (χ1) is 10.2. The monoisotopic (exact) mass is 295 g/mol. The Bertz CT molecular complexity index is 310. The molecule has 1 fully saturated rings. The molecule has 1 aliphatic rings. The van der Waals surface area contributed by atoms with Gasteiger partial charge in [0.15, 0.2) is 0 Å². The van der Waals surface area contributed by atoms with Gasteiger partial charge in [0.05, 0.1) is 12.2 Å². The SMILES string of the molecule is CCCNC(C#N)(CC)CCCN(CC)CC1CCCO1. The summed E-state index contributed by atoms with van der Waals surface area (Å²) in [5.41, 5.74) is -0.334. The van der Waals surface area contributed by atoms with Crippen LogP contribution in [-0.4, -0.2) is 49.3 Å². The maximum absolute atomic E-state index is 9.51. The molecule has 21 heavy (non-hydrogen) atoms. The number of nitrogens with zero attached hydrogens (tertiary/aromatic N) is 2. The van der Waals surface area contributed by atoms with Gasteiger partial charge in [-0.05, 0) is 58.2 Å². The van der Waals surface area contributed by atoms with Gasteiger partial charge in [-0.3, -0.25) is 5.32 Å². The Labute approximate surface area is 130 Å². The Hall–Kier alpha value is -0.630. The van der Waals surface area contributed by atoms with E-state index in [1.165, 1.54) is 12.8 Å². The predicted molar refractivity (Wildman–Crippen MR) is 87.3 cm³/mol. The molecule has 0 saturated carbocycles. The van der Waals surface area contributed by atoms with E-state index in [0.717, 1.165) is 58.5 Å². The summed E-state index contributed by atoms with van der Waals surface area (Å²) in [7, 11) is 0. The van der Waals surface area contributed by atoms with Gasteiger partial charge in [0.1, 0.15) is 5.54 Å². The summed E-state index contributed by atoms with van der Waals surface area (Å²) in [5, 5.41) is 13.0. The summed E-state index contributed by atoms with van der Waals surface area (Å²) in [6.45, 7) is 11.5. The van der Waals surface area contributed by atoms with Crippen molar-refractivity contribution in [1.29, 1.82) is 5.26 Å². The lowest BCUT2D eigenvalue weighted by Crippen LogP contribution is -2.44. The Morgan fingerprint density at radius 3 is 2.71 bits per heavy atom. The van der Waals surface area contributed by atoms with Crippen molar-refractivity contribution in [2.24, 2.45) is 0 Å². The molecule has 1 rings (SSSR count). The Morgan fingerprint density at radius 1 is 1.38 bits per heavy atom. The van der Waals surface area contributed by atoms with E-state index in [1.807, 2.05) is 0 Å². The van der Waals surface area contributed by atoms with Gasteiger partial charge in [-0.1, -0.05) is 20.8 Å². The van der Waals surface area contributed by atoms with E-state index in [4.69, 9.17) is 4.74 Å². The van der Waals surface area contributed by atoms with Crippen LogP contribution in [0.2, 0.25) is 0 Å². The Balaban J connectivity index is 2.34. The van der Waals surface area contributed by atoms with Crippen molar-refractivity contribution >= 4 is 0 Å². The fourth-order valence-corrected chi connectivity index (χ4v) is 2.99. The second-order valence-electron chi connectivity index (χ2n) is 6.11. The van der Waals surface area contributed by atoms with Crippen molar-refractivity contribution in [2.75, 3.05) is 32.8 Å². The van der Waals surface area contributed by atoms with Crippen LogP contribution in [0, 0.1) is 11.3 Å². The molecule has 1 aliphatic heterocycles. The highest BCUT2D eigenvalue weighted by Gasteiger charge is 2.26. The highest BCUT2D eigenvalue weighted by atomic mass is 16.5. The summed E-state index contributed by atoms with van der Waals surface area (Å²) in [6.07, 6.45) is 6.78. The molecule has 0 radical (unpaired) electrons. The lowest BCUT2D eigenvalue weighted by molar-refractivity contribution is 0.0737. The average Bonchev–Trinajstić information content (AvgIpc) is 3.03. The number of nitrogens with one attached hydrogen (secondary N) is 1. The average molecular weight is 295 g/mol. The lowest BCUT2D eigenvalue weighted by Gasteiger charge is -2.29. The van der Waals surface area contributed by atoms with Crippen molar-refractivity contribution in [1.82, 2.24) is 10.2 Å². The second kappa shape index (κ2) is 10.2. The zero-order valence-electron chi connectivity index (χ0n) is 14.2. The second-order valence-corrected chi connectivity index (χ2v) is 6.11. The van der Waals surface area contributed by atoms with Crippen LogP contribution >= 0.6 is 0 Å². The third-order valence-electron chi connectivity index (χ3n) is 4.54. The van der Waals surface area contributed by atoms with Crippen LogP contribution < -0.4 is 5.32 Å². The van der Waals surface area contributed by atoms with Crippen LogP contribution in [0.3, 0.4) is 0 Å². The molecule has 1 saturated heterocycles. The smallest absolute Gasteiger partial charge is 0.106 e. The molecule has 0 aromatic rings. The van der Waals surface area contributed by atoms with Crippen molar-refractivity contribution in [3.8, 4) is 6.07 Å². The highest BCUT2D eigenvalue weighted by Crippen LogP contribution is 2.18. The summed E-state index contributed by atoms with van der Waals surface area (Å²) < 4.78 is 5.72. The van der Waals surface area contributed by atoms with Crippen molar-refractivity contribution in [3.05, 3.63) is 0 Å². The normalized spacial score (nSPS) is 21.4. The Kier molecular flexibility index (Phi) is 8.91. The molecule has 1 N–H and O–H groups in total. The third-order valence-corrected chi connectivity index (χ3v) is 4.54. The number of likely N-dealkylation sites (N-methyl/N-ethyl adjacent to an activating group) is 1. The van der Waals surface area contributed by atoms with Crippen LogP contribution in [0.5, 0.6) is 0 Å². The van der Waals surface area contributed by atoms with E-state index < -0.39 is 0 Å². The van der Waals surface area contributed by atoms with E-state index >= 15 is 0 Å². The summed E-state index contributed by atoms with van der Waals surface area (Å²) in [6, 6.07) is 2.51. The van der Waals surface area contributed by atoms with E-state index in [9.17, 15) is 5.26 Å². The van der Waals surface area contributed by atoms with Crippen LogP contribution in [0.4, 0.5) is 0 Å². The molecule has 122 valence electrons. The van der Waals surface area contributed by atoms with Gasteiger partial charge in [0.25, 0.3) is 0 Å². The summed E-state index contributed by atoms with van der Waals surface area (Å²) >= 11 is 0. The van der Waals surface area contributed by atoms with Gasteiger partial charge < -0.3 is 9.64 Å². The molecule has 4 heteroatoms. The maximum Gasteiger partial charge on any atom is 0.106 e. The predicted octanol–water partition coefficient (Wildman–Crippen LogP) is 2.94. The van der Waals surface area contributed by atoms with Crippen molar-refractivity contribution in [2.45, 2.75) is 70.9 Å². The molecule has 0 aromatic heterocycles. The van der Waals surface area contributed by atoms with Crippen molar-refractivity contribution < 1.29 is 4.74 Å². The molecule has 2 atom stereocenters. The largest absolute Gasteiger partial charge is 0.377 e.